The number of Topliss-reactive ketones (excluding diaryl/α,β-unsaturated/α-hetero) is 1. The van der Waals surface area contributed by atoms with E-state index in [0.717, 1.165) is 24.3 Å². The largest absolute Gasteiger partial charge is 0.416 e. The van der Waals surface area contributed by atoms with Crippen molar-refractivity contribution in [3.63, 3.8) is 0 Å². The smallest absolute Gasteiger partial charge is 0.369 e. The number of hydrogen-bond acceptors (Lipinski definition) is 2. The monoisotopic (exact) mass is 385 g/mol. The summed E-state index contributed by atoms with van der Waals surface area (Å²) in [7, 11) is 0. The Labute approximate surface area is 138 Å². The lowest BCUT2D eigenvalue weighted by atomic mass is 9.90. The summed E-state index contributed by atoms with van der Waals surface area (Å²) in [6, 6.07) is 10.1. The Morgan fingerprint density at radius 1 is 1.04 bits per heavy atom. The molecule has 0 saturated heterocycles. The minimum Gasteiger partial charge on any atom is -0.369 e. The molecule has 23 heavy (non-hydrogen) atoms. The van der Waals surface area contributed by atoms with Crippen molar-refractivity contribution in [1.29, 1.82) is 0 Å². The minimum absolute atomic E-state index is 0.0122. The van der Waals surface area contributed by atoms with E-state index in [1.807, 2.05) is 0 Å². The summed E-state index contributed by atoms with van der Waals surface area (Å²) < 4.78 is 38.3. The van der Waals surface area contributed by atoms with Gasteiger partial charge >= 0.3 is 6.18 Å². The molecule has 0 bridgehead atoms. The van der Waals surface area contributed by atoms with Crippen LogP contribution in [0.2, 0.25) is 0 Å². The maximum absolute atomic E-state index is 12.6. The molecule has 1 unspecified atom stereocenters. The second kappa shape index (κ2) is 6.54. The normalized spacial score (nSPS) is 12.7. The third kappa shape index (κ3) is 3.98. The highest BCUT2D eigenvalue weighted by molar-refractivity contribution is 9.10. The number of nitrogens with two attached hydrogens (primary N) is 1. The molecule has 1 amide bonds. The van der Waals surface area contributed by atoms with Crippen molar-refractivity contribution in [3.05, 3.63) is 69.7 Å². The molecular formula is C16H11BrF3NO2. The number of ketones is 1. The first-order chi connectivity index (χ1) is 10.7. The van der Waals surface area contributed by atoms with Crippen LogP contribution in [0, 0.1) is 0 Å². The highest BCUT2D eigenvalue weighted by Crippen LogP contribution is 2.30. The van der Waals surface area contributed by atoms with Crippen LogP contribution in [0.1, 0.15) is 27.4 Å². The Morgan fingerprint density at radius 3 is 2.13 bits per heavy atom. The van der Waals surface area contributed by atoms with Crippen LogP contribution in [0.25, 0.3) is 0 Å². The molecule has 0 aliphatic heterocycles. The number of hydrogen-bond donors (Lipinski definition) is 1. The minimum atomic E-state index is -4.49. The van der Waals surface area contributed by atoms with Gasteiger partial charge in [0.25, 0.3) is 0 Å². The molecule has 0 aliphatic rings. The van der Waals surface area contributed by atoms with Gasteiger partial charge in [-0.1, -0.05) is 40.2 Å². The first-order valence-electron chi connectivity index (χ1n) is 6.46. The quantitative estimate of drug-likeness (QED) is 0.640. The average molecular weight is 386 g/mol. The SMILES string of the molecule is NC(=O)C(C(=O)c1ccc(C(F)(F)F)cc1)c1cccc(Br)c1. The van der Waals surface area contributed by atoms with Crippen molar-refractivity contribution in [2.24, 2.45) is 5.73 Å². The molecule has 120 valence electrons. The summed E-state index contributed by atoms with van der Waals surface area (Å²) in [5, 5.41) is 0. The lowest BCUT2D eigenvalue weighted by molar-refractivity contribution is -0.137. The number of amides is 1. The maximum Gasteiger partial charge on any atom is 0.416 e. The van der Waals surface area contributed by atoms with Crippen molar-refractivity contribution in [2.75, 3.05) is 0 Å². The van der Waals surface area contributed by atoms with Gasteiger partial charge in [-0.2, -0.15) is 13.2 Å². The molecule has 0 aliphatic carbocycles. The second-order valence-electron chi connectivity index (χ2n) is 4.83. The third-order valence-corrected chi connectivity index (χ3v) is 3.72. The molecule has 3 nitrogen and oxygen atoms in total. The number of halogens is 4. The highest BCUT2D eigenvalue weighted by atomic mass is 79.9. The summed E-state index contributed by atoms with van der Waals surface area (Å²) in [5.41, 5.74) is 4.79. The number of alkyl halides is 3. The van der Waals surface area contributed by atoms with E-state index < -0.39 is 29.3 Å². The zero-order valence-corrected chi connectivity index (χ0v) is 13.2. The van der Waals surface area contributed by atoms with Gasteiger partial charge in [0, 0.05) is 10.0 Å². The average Bonchev–Trinajstić information content (AvgIpc) is 2.46. The van der Waals surface area contributed by atoms with E-state index in [9.17, 15) is 22.8 Å². The van der Waals surface area contributed by atoms with Gasteiger partial charge in [-0.3, -0.25) is 9.59 Å². The van der Waals surface area contributed by atoms with E-state index in [0.29, 0.717) is 10.0 Å². The van der Waals surface area contributed by atoms with Gasteiger partial charge in [0.05, 0.1) is 5.56 Å². The number of benzene rings is 2. The Morgan fingerprint density at radius 2 is 1.65 bits per heavy atom. The van der Waals surface area contributed by atoms with Gasteiger partial charge in [-0.15, -0.1) is 0 Å². The lowest BCUT2D eigenvalue weighted by Crippen LogP contribution is -2.28. The zero-order valence-electron chi connectivity index (χ0n) is 11.6. The van der Waals surface area contributed by atoms with Crippen LogP contribution in [0.5, 0.6) is 0 Å². The van der Waals surface area contributed by atoms with Crippen LogP contribution >= 0.6 is 15.9 Å². The fourth-order valence-electron chi connectivity index (χ4n) is 2.12. The van der Waals surface area contributed by atoms with Gasteiger partial charge in [0.1, 0.15) is 5.92 Å². The number of rotatable bonds is 4. The van der Waals surface area contributed by atoms with Gasteiger partial charge in [0.15, 0.2) is 5.78 Å². The highest BCUT2D eigenvalue weighted by Gasteiger charge is 2.32. The number of carbonyl (C=O) groups is 2. The van der Waals surface area contributed by atoms with Crippen molar-refractivity contribution in [2.45, 2.75) is 12.1 Å². The molecule has 0 radical (unpaired) electrons. The number of primary amides is 1. The van der Waals surface area contributed by atoms with Crippen molar-refractivity contribution >= 4 is 27.6 Å². The summed E-state index contributed by atoms with van der Waals surface area (Å²) in [5.74, 6) is -2.78. The summed E-state index contributed by atoms with van der Waals surface area (Å²) in [6.07, 6.45) is -4.49. The predicted octanol–water partition coefficient (Wildman–Crippen LogP) is 3.92. The molecule has 7 heteroatoms. The molecule has 2 aromatic rings. The Balaban J connectivity index is 2.37. The predicted molar refractivity (Wildman–Crippen MR) is 81.9 cm³/mol. The van der Waals surface area contributed by atoms with Crippen molar-refractivity contribution in [1.82, 2.24) is 0 Å². The molecule has 2 aromatic carbocycles. The second-order valence-corrected chi connectivity index (χ2v) is 5.75. The molecule has 2 rings (SSSR count). The summed E-state index contributed by atoms with van der Waals surface area (Å²) in [6.45, 7) is 0. The van der Waals surface area contributed by atoms with Gasteiger partial charge < -0.3 is 5.73 Å². The Kier molecular flexibility index (Phi) is 4.89. The van der Waals surface area contributed by atoms with Crippen molar-refractivity contribution in [3.8, 4) is 0 Å². The van der Waals surface area contributed by atoms with E-state index in [-0.39, 0.29) is 5.56 Å². The fraction of sp³-hybridized carbons (Fsp3) is 0.125. The molecule has 0 saturated carbocycles. The first kappa shape index (κ1) is 17.2. The standard InChI is InChI=1S/C16H11BrF3NO2/c17-12-3-1-2-10(8-12)13(15(21)23)14(22)9-4-6-11(7-5-9)16(18,19)20/h1-8,13H,(H2,21,23). The van der Waals surface area contributed by atoms with Crippen LogP contribution in [0.4, 0.5) is 13.2 Å². The van der Waals surface area contributed by atoms with E-state index in [1.165, 1.54) is 0 Å². The molecule has 0 spiro atoms. The van der Waals surface area contributed by atoms with Crippen LogP contribution in [-0.4, -0.2) is 11.7 Å². The molecule has 0 aromatic heterocycles. The topological polar surface area (TPSA) is 60.2 Å². The molecule has 1 atom stereocenters. The van der Waals surface area contributed by atoms with E-state index in [4.69, 9.17) is 5.73 Å². The Bertz CT molecular complexity index is 742. The van der Waals surface area contributed by atoms with E-state index in [1.54, 1.807) is 24.3 Å². The third-order valence-electron chi connectivity index (χ3n) is 3.23. The molecule has 2 N–H and O–H groups in total. The van der Waals surface area contributed by atoms with Crippen LogP contribution < -0.4 is 5.73 Å². The van der Waals surface area contributed by atoms with Gasteiger partial charge in [0.2, 0.25) is 5.91 Å². The Hall–Kier alpha value is -2.15. The van der Waals surface area contributed by atoms with Crippen molar-refractivity contribution < 1.29 is 22.8 Å². The van der Waals surface area contributed by atoms with Gasteiger partial charge in [-0.05, 0) is 29.8 Å². The number of carbonyl (C=O) groups excluding carboxylic acids is 2. The van der Waals surface area contributed by atoms with Crippen LogP contribution in [-0.2, 0) is 11.0 Å². The van der Waals surface area contributed by atoms with Gasteiger partial charge in [-0.25, -0.2) is 0 Å². The molecular weight excluding hydrogens is 375 g/mol. The molecule has 0 fully saturated rings. The van der Waals surface area contributed by atoms with E-state index >= 15 is 0 Å². The lowest BCUT2D eigenvalue weighted by Gasteiger charge is -2.14. The first-order valence-corrected chi connectivity index (χ1v) is 7.25. The zero-order chi connectivity index (χ0) is 17.2. The summed E-state index contributed by atoms with van der Waals surface area (Å²) >= 11 is 3.23. The molecule has 0 heterocycles. The van der Waals surface area contributed by atoms with Crippen LogP contribution in [0.15, 0.2) is 53.0 Å². The fourth-order valence-corrected chi connectivity index (χ4v) is 2.54. The van der Waals surface area contributed by atoms with Crippen LogP contribution in [0.3, 0.4) is 0 Å². The summed E-state index contributed by atoms with van der Waals surface area (Å²) in [4.78, 5) is 24.1. The maximum atomic E-state index is 12.6. The van der Waals surface area contributed by atoms with E-state index in [2.05, 4.69) is 15.9 Å².